The Balaban J connectivity index is 1.78. The molecule has 1 aliphatic heterocycles. The van der Waals surface area contributed by atoms with Crippen molar-refractivity contribution in [3.8, 4) is 0 Å². The number of hydrogen-bond donors (Lipinski definition) is 1. The van der Waals surface area contributed by atoms with Crippen LogP contribution in [0.15, 0.2) is 29.2 Å². The lowest BCUT2D eigenvalue weighted by molar-refractivity contribution is 0.174. The SMILES string of the molecule is CCO[PH](=O)CCN(C)C1CCN([S+]([O-])c2ccc(N)cc2)CC1. The summed E-state index contributed by atoms with van der Waals surface area (Å²) in [5, 5.41) is 0. The van der Waals surface area contributed by atoms with Gasteiger partial charge in [-0.25, -0.2) is 0 Å². The Bertz CT molecular complexity index is 524. The number of nitrogens with two attached hydrogens (primary N) is 1. The van der Waals surface area contributed by atoms with Gasteiger partial charge in [-0.15, -0.1) is 4.31 Å². The lowest BCUT2D eigenvalue weighted by Crippen LogP contribution is -2.46. The minimum Gasteiger partial charge on any atom is -0.593 e. The van der Waals surface area contributed by atoms with Gasteiger partial charge in [0.25, 0.3) is 0 Å². The third-order valence-corrected chi connectivity index (χ3v) is 7.09. The predicted octanol–water partition coefficient (Wildman–Crippen LogP) is 2.20. The van der Waals surface area contributed by atoms with Crippen molar-refractivity contribution in [3.63, 3.8) is 0 Å². The summed E-state index contributed by atoms with van der Waals surface area (Å²) in [7, 11) is 0.170. The first-order valence-electron chi connectivity index (χ1n) is 8.39. The number of nitrogens with zero attached hydrogens (tertiary/aromatic N) is 2. The van der Waals surface area contributed by atoms with Crippen LogP contribution in [-0.4, -0.2) is 59.3 Å². The van der Waals surface area contributed by atoms with E-state index >= 15 is 0 Å². The van der Waals surface area contributed by atoms with Crippen LogP contribution in [0.1, 0.15) is 19.8 Å². The van der Waals surface area contributed by atoms with Crippen LogP contribution < -0.4 is 5.73 Å². The van der Waals surface area contributed by atoms with E-state index in [9.17, 15) is 9.12 Å². The van der Waals surface area contributed by atoms with Gasteiger partial charge in [-0.2, -0.15) is 0 Å². The summed E-state index contributed by atoms with van der Waals surface area (Å²) in [6.45, 7) is 4.75. The first kappa shape index (κ1) is 19.8. The van der Waals surface area contributed by atoms with Gasteiger partial charge in [0, 0.05) is 37.5 Å². The summed E-state index contributed by atoms with van der Waals surface area (Å²) < 4.78 is 31.4. The van der Waals surface area contributed by atoms with Crippen LogP contribution in [0.25, 0.3) is 0 Å². The fourth-order valence-corrected chi connectivity index (χ4v) is 5.08. The predicted molar refractivity (Wildman–Crippen MR) is 100.0 cm³/mol. The highest BCUT2D eigenvalue weighted by Crippen LogP contribution is 2.25. The number of nitrogen functional groups attached to an aromatic ring is 1. The van der Waals surface area contributed by atoms with Gasteiger partial charge in [-0.1, -0.05) is 0 Å². The highest BCUT2D eigenvalue weighted by atomic mass is 32.2. The van der Waals surface area contributed by atoms with Crippen molar-refractivity contribution in [2.45, 2.75) is 30.7 Å². The van der Waals surface area contributed by atoms with Crippen molar-refractivity contribution in [2.75, 3.05) is 45.2 Å². The molecule has 0 saturated carbocycles. The maximum Gasteiger partial charge on any atom is 0.192 e. The van der Waals surface area contributed by atoms with Gasteiger partial charge in [-0.3, -0.25) is 4.57 Å². The van der Waals surface area contributed by atoms with E-state index in [1.807, 2.05) is 23.4 Å². The molecule has 0 spiro atoms. The summed E-state index contributed by atoms with van der Waals surface area (Å²) in [5.41, 5.74) is 6.36. The average molecular weight is 373 g/mol. The van der Waals surface area contributed by atoms with E-state index < -0.39 is 19.4 Å². The molecule has 0 aliphatic carbocycles. The average Bonchev–Trinajstić information content (AvgIpc) is 2.60. The lowest BCUT2D eigenvalue weighted by Gasteiger charge is -2.36. The molecule has 0 radical (unpaired) electrons. The minimum absolute atomic E-state index is 0.445. The summed E-state index contributed by atoms with van der Waals surface area (Å²) in [5.74, 6) is 0. The number of hydrogen-bond acceptors (Lipinski definition) is 6. The quantitative estimate of drug-likeness (QED) is 0.427. The van der Waals surface area contributed by atoms with Crippen molar-refractivity contribution < 1.29 is 13.6 Å². The van der Waals surface area contributed by atoms with Crippen LogP contribution in [0.5, 0.6) is 0 Å². The van der Waals surface area contributed by atoms with Crippen LogP contribution in [0.4, 0.5) is 5.69 Å². The molecule has 8 heteroatoms. The van der Waals surface area contributed by atoms with Crippen molar-refractivity contribution in [1.29, 1.82) is 0 Å². The zero-order chi connectivity index (χ0) is 17.5. The lowest BCUT2D eigenvalue weighted by atomic mass is 10.1. The minimum atomic E-state index is -1.90. The Morgan fingerprint density at radius 3 is 2.58 bits per heavy atom. The molecule has 0 aromatic heterocycles. The maximum atomic E-state index is 12.6. The molecule has 1 heterocycles. The fourth-order valence-electron chi connectivity index (χ4n) is 2.87. The zero-order valence-electron chi connectivity index (χ0n) is 14.4. The second kappa shape index (κ2) is 9.80. The van der Waals surface area contributed by atoms with Crippen molar-refractivity contribution in [3.05, 3.63) is 24.3 Å². The molecular weight excluding hydrogens is 345 g/mol. The van der Waals surface area contributed by atoms with Crippen LogP contribution in [0, 0.1) is 0 Å². The molecule has 1 aromatic rings. The molecule has 2 atom stereocenters. The Labute approximate surface area is 148 Å². The number of anilines is 1. The first-order chi connectivity index (χ1) is 11.5. The standard InChI is InChI=1S/C16H28N3O3PS/c1-3-22-23(20)13-12-18(2)15-8-10-19(11-9-15)24(21)16-6-4-14(17)5-7-16/h4-7,15,23H,3,8-13,17H2,1-2H3. The maximum absolute atomic E-state index is 12.6. The molecule has 1 fully saturated rings. The largest absolute Gasteiger partial charge is 0.593 e. The number of rotatable bonds is 8. The van der Waals surface area contributed by atoms with Crippen LogP contribution >= 0.6 is 8.03 Å². The normalized spacial score (nSPS) is 19.5. The smallest absolute Gasteiger partial charge is 0.192 e. The molecule has 1 saturated heterocycles. The molecule has 6 nitrogen and oxygen atoms in total. The van der Waals surface area contributed by atoms with E-state index in [0.717, 1.165) is 37.4 Å². The highest BCUT2D eigenvalue weighted by molar-refractivity contribution is 7.89. The second-order valence-corrected chi connectivity index (χ2v) is 9.03. The van der Waals surface area contributed by atoms with Gasteiger partial charge in [0.2, 0.25) is 0 Å². The monoisotopic (exact) mass is 373 g/mol. The van der Waals surface area contributed by atoms with Crippen LogP contribution in [0.2, 0.25) is 0 Å². The van der Waals surface area contributed by atoms with Crippen molar-refractivity contribution in [2.24, 2.45) is 0 Å². The highest BCUT2D eigenvalue weighted by Gasteiger charge is 2.30. The Morgan fingerprint density at radius 1 is 1.38 bits per heavy atom. The third-order valence-electron chi connectivity index (χ3n) is 4.34. The summed E-state index contributed by atoms with van der Waals surface area (Å²) in [6.07, 6.45) is 2.53. The van der Waals surface area contributed by atoms with E-state index in [2.05, 4.69) is 11.9 Å². The van der Waals surface area contributed by atoms with E-state index in [-0.39, 0.29) is 0 Å². The molecule has 1 aliphatic rings. The van der Waals surface area contributed by atoms with Gasteiger partial charge in [0.05, 0.1) is 18.0 Å². The van der Waals surface area contributed by atoms with Gasteiger partial charge >= 0.3 is 0 Å². The van der Waals surface area contributed by atoms with Crippen molar-refractivity contribution in [1.82, 2.24) is 9.21 Å². The van der Waals surface area contributed by atoms with E-state index in [1.54, 1.807) is 12.1 Å². The molecule has 2 N–H and O–H groups in total. The van der Waals surface area contributed by atoms with Gasteiger partial charge < -0.3 is 19.7 Å². The van der Waals surface area contributed by atoms with Crippen molar-refractivity contribution >= 4 is 25.1 Å². The summed E-state index contributed by atoms with van der Waals surface area (Å²) >= 11 is -1.13. The topological polar surface area (TPSA) is 81.9 Å². The zero-order valence-corrected chi connectivity index (χ0v) is 16.3. The number of piperidine rings is 1. The second-order valence-electron chi connectivity index (χ2n) is 6.01. The molecular formula is C16H28N3O3PS. The number of benzene rings is 1. The fraction of sp³-hybridized carbons (Fsp3) is 0.625. The van der Waals surface area contributed by atoms with E-state index in [1.165, 1.54) is 0 Å². The summed E-state index contributed by atoms with van der Waals surface area (Å²) in [6, 6.07) is 7.67. The molecule has 2 unspecified atom stereocenters. The molecule has 2 rings (SSSR count). The molecule has 24 heavy (non-hydrogen) atoms. The molecule has 0 amide bonds. The van der Waals surface area contributed by atoms with E-state index in [4.69, 9.17) is 10.3 Å². The third kappa shape index (κ3) is 5.76. The van der Waals surface area contributed by atoms with Crippen LogP contribution in [0.3, 0.4) is 0 Å². The van der Waals surface area contributed by atoms with Crippen LogP contribution in [-0.2, 0) is 20.5 Å². The van der Waals surface area contributed by atoms with Gasteiger partial charge in [0.1, 0.15) is 0 Å². The summed E-state index contributed by atoms with van der Waals surface area (Å²) in [4.78, 5) is 3.05. The Kier molecular flexibility index (Phi) is 8.07. The molecule has 136 valence electrons. The molecule has 1 aromatic carbocycles. The van der Waals surface area contributed by atoms with Gasteiger partial charge in [0.15, 0.2) is 12.9 Å². The van der Waals surface area contributed by atoms with E-state index in [0.29, 0.717) is 24.5 Å². The Morgan fingerprint density at radius 2 is 2.00 bits per heavy atom. The molecule has 0 bridgehead atoms. The first-order valence-corrected chi connectivity index (χ1v) is 11.0. The Hall–Kier alpha value is -0.560. The van der Waals surface area contributed by atoms with Gasteiger partial charge in [-0.05, 0) is 51.1 Å².